The first-order valence-corrected chi connectivity index (χ1v) is 10.8. The molecule has 1 aliphatic heterocycles. The SMILES string of the molecule is CCC(=O)Oc1c(C/C=C(\C)CCC(=O)OCCP)c(OC)c(C)c2c1C(=O)OC2. The van der Waals surface area contributed by atoms with E-state index < -0.39 is 11.9 Å². The second-order valence-corrected chi connectivity index (χ2v) is 7.56. The Morgan fingerprint density at radius 1 is 1.20 bits per heavy atom. The third-order valence-electron chi connectivity index (χ3n) is 4.89. The number of hydrogen-bond acceptors (Lipinski definition) is 7. The fraction of sp³-hybridized carbons (Fsp3) is 0.500. The average molecular weight is 436 g/mol. The molecule has 0 aliphatic carbocycles. The van der Waals surface area contributed by atoms with Gasteiger partial charge in [-0.2, -0.15) is 0 Å². The van der Waals surface area contributed by atoms with Gasteiger partial charge in [-0.05, 0) is 38.4 Å². The van der Waals surface area contributed by atoms with E-state index in [1.807, 2.05) is 19.9 Å². The first kappa shape index (κ1) is 23.9. The Morgan fingerprint density at radius 2 is 1.93 bits per heavy atom. The fourth-order valence-electron chi connectivity index (χ4n) is 3.23. The minimum Gasteiger partial charge on any atom is -0.496 e. The molecule has 0 saturated heterocycles. The minimum atomic E-state index is -0.506. The molecular weight excluding hydrogens is 407 g/mol. The van der Waals surface area contributed by atoms with Gasteiger partial charge in [-0.15, -0.1) is 9.24 Å². The van der Waals surface area contributed by atoms with Crippen LogP contribution in [-0.2, 0) is 32.1 Å². The van der Waals surface area contributed by atoms with E-state index in [-0.39, 0.29) is 36.7 Å². The fourth-order valence-corrected chi connectivity index (χ4v) is 3.35. The predicted octanol–water partition coefficient (Wildman–Crippen LogP) is 3.68. The van der Waals surface area contributed by atoms with Gasteiger partial charge in [0.25, 0.3) is 0 Å². The molecule has 1 aromatic carbocycles. The Labute approximate surface area is 179 Å². The van der Waals surface area contributed by atoms with Crippen LogP contribution in [0.2, 0.25) is 0 Å². The van der Waals surface area contributed by atoms with Gasteiger partial charge >= 0.3 is 17.9 Å². The predicted molar refractivity (Wildman–Crippen MR) is 115 cm³/mol. The molecule has 1 aliphatic rings. The van der Waals surface area contributed by atoms with Crippen LogP contribution in [0.3, 0.4) is 0 Å². The summed E-state index contributed by atoms with van der Waals surface area (Å²) < 4.78 is 21.4. The number of cyclic esters (lactones) is 1. The number of hydrogen-bond donors (Lipinski definition) is 0. The number of allylic oxidation sites excluding steroid dienone is 2. The number of esters is 3. The lowest BCUT2D eigenvalue weighted by molar-refractivity contribution is -0.143. The summed E-state index contributed by atoms with van der Waals surface area (Å²) in [4.78, 5) is 36.1. The molecule has 30 heavy (non-hydrogen) atoms. The highest BCUT2D eigenvalue weighted by Gasteiger charge is 2.33. The number of methoxy groups -OCH3 is 1. The van der Waals surface area contributed by atoms with Crippen LogP contribution >= 0.6 is 9.24 Å². The van der Waals surface area contributed by atoms with Crippen molar-refractivity contribution in [3.05, 3.63) is 33.9 Å². The van der Waals surface area contributed by atoms with Crippen molar-refractivity contribution in [1.29, 1.82) is 0 Å². The van der Waals surface area contributed by atoms with E-state index in [1.165, 1.54) is 0 Å². The van der Waals surface area contributed by atoms with Crippen LogP contribution in [0.25, 0.3) is 0 Å². The molecule has 1 unspecified atom stereocenters. The Morgan fingerprint density at radius 3 is 2.57 bits per heavy atom. The summed E-state index contributed by atoms with van der Waals surface area (Å²) in [6.07, 6.45) is 4.04. The number of carbonyl (C=O) groups is 3. The number of rotatable bonds is 10. The van der Waals surface area contributed by atoms with Gasteiger partial charge in [0, 0.05) is 24.0 Å². The van der Waals surface area contributed by atoms with Crippen molar-refractivity contribution in [2.75, 3.05) is 19.9 Å². The van der Waals surface area contributed by atoms with E-state index in [0.29, 0.717) is 42.5 Å². The van der Waals surface area contributed by atoms with Crippen LogP contribution in [0.15, 0.2) is 11.6 Å². The van der Waals surface area contributed by atoms with E-state index in [0.717, 1.165) is 11.1 Å². The van der Waals surface area contributed by atoms with Gasteiger partial charge in [0.15, 0.2) is 5.75 Å². The molecule has 0 amide bonds. The summed E-state index contributed by atoms with van der Waals surface area (Å²) in [5, 5.41) is 0. The largest absolute Gasteiger partial charge is 0.496 e. The standard InChI is InChI=1S/C22H29O7P/c1-5-17(23)29-21-15(8-6-13(2)7-9-18(24)27-10-11-30)20(26-4)14(3)16-12-28-22(25)19(16)21/h6H,5,7-12,30H2,1-4H3/b13-6+. The minimum absolute atomic E-state index is 0.126. The molecule has 1 atom stereocenters. The first-order valence-electron chi connectivity index (χ1n) is 9.95. The number of fused-ring (bicyclic) bond motifs is 1. The van der Waals surface area contributed by atoms with Gasteiger partial charge in [-0.3, -0.25) is 9.59 Å². The molecule has 0 aromatic heterocycles. The summed E-state index contributed by atoms with van der Waals surface area (Å²) in [7, 11) is 4.05. The topological polar surface area (TPSA) is 88.1 Å². The lowest BCUT2D eigenvalue weighted by Crippen LogP contribution is -2.13. The van der Waals surface area contributed by atoms with Crippen LogP contribution in [-0.4, -0.2) is 37.8 Å². The summed E-state index contributed by atoms with van der Waals surface area (Å²) in [6, 6.07) is 0. The monoisotopic (exact) mass is 436 g/mol. The molecule has 164 valence electrons. The van der Waals surface area contributed by atoms with E-state index in [1.54, 1.807) is 14.0 Å². The molecule has 0 spiro atoms. The number of benzene rings is 1. The van der Waals surface area contributed by atoms with E-state index >= 15 is 0 Å². The molecule has 0 bridgehead atoms. The third kappa shape index (κ3) is 5.60. The van der Waals surface area contributed by atoms with Gasteiger partial charge in [-0.1, -0.05) is 18.6 Å². The summed E-state index contributed by atoms with van der Waals surface area (Å²) in [5.41, 5.74) is 3.35. The molecule has 0 fully saturated rings. The Balaban J connectivity index is 2.34. The number of carbonyl (C=O) groups excluding carboxylic acids is 3. The zero-order chi connectivity index (χ0) is 22.3. The van der Waals surface area contributed by atoms with Crippen molar-refractivity contribution < 1.29 is 33.3 Å². The molecule has 0 radical (unpaired) electrons. The van der Waals surface area contributed by atoms with Crippen LogP contribution in [0, 0.1) is 6.92 Å². The Bertz CT molecular complexity index is 858. The smallest absolute Gasteiger partial charge is 0.342 e. The molecule has 8 heteroatoms. The molecule has 0 saturated carbocycles. The van der Waals surface area contributed by atoms with Crippen molar-refractivity contribution in [2.45, 2.75) is 53.1 Å². The molecule has 7 nitrogen and oxygen atoms in total. The van der Waals surface area contributed by atoms with Crippen molar-refractivity contribution >= 4 is 27.1 Å². The summed E-state index contributed by atoms with van der Waals surface area (Å²) in [5.74, 6) is -0.424. The average Bonchev–Trinajstić information content (AvgIpc) is 3.12. The van der Waals surface area contributed by atoms with Crippen LogP contribution < -0.4 is 9.47 Å². The lowest BCUT2D eigenvalue weighted by atomic mass is 9.94. The van der Waals surface area contributed by atoms with Gasteiger partial charge < -0.3 is 18.9 Å². The third-order valence-corrected chi connectivity index (χ3v) is 5.13. The molecule has 0 N–H and O–H groups in total. The van der Waals surface area contributed by atoms with E-state index in [2.05, 4.69) is 9.24 Å². The lowest BCUT2D eigenvalue weighted by Gasteiger charge is -2.18. The van der Waals surface area contributed by atoms with E-state index in [4.69, 9.17) is 18.9 Å². The van der Waals surface area contributed by atoms with Crippen LogP contribution in [0.1, 0.15) is 60.2 Å². The van der Waals surface area contributed by atoms with E-state index in [9.17, 15) is 14.4 Å². The maximum Gasteiger partial charge on any atom is 0.342 e. The Hall–Kier alpha value is -2.40. The number of ether oxygens (including phenoxy) is 4. The molecule has 1 heterocycles. The maximum absolute atomic E-state index is 12.3. The maximum atomic E-state index is 12.3. The van der Waals surface area contributed by atoms with Gasteiger partial charge in [0.1, 0.15) is 17.9 Å². The highest BCUT2D eigenvalue weighted by molar-refractivity contribution is 7.16. The van der Waals surface area contributed by atoms with Gasteiger partial charge in [0.05, 0.1) is 13.7 Å². The molecule has 2 rings (SSSR count). The first-order chi connectivity index (χ1) is 14.3. The normalized spacial score (nSPS) is 13.0. The zero-order valence-electron chi connectivity index (χ0n) is 18.0. The summed E-state index contributed by atoms with van der Waals surface area (Å²) >= 11 is 0. The second-order valence-electron chi connectivity index (χ2n) is 6.99. The van der Waals surface area contributed by atoms with Crippen LogP contribution in [0.5, 0.6) is 11.5 Å². The van der Waals surface area contributed by atoms with Crippen molar-refractivity contribution in [3.8, 4) is 11.5 Å². The van der Waals surface area contributed by atoms with Gasteiger partial charge in [0.2, 0.25) is 0 Å². The Kier molecular flexibility index (Phi) is 8.85. The second kappa shape index (κ2) is 11.1. The molecular formula is C22H29O7P. The summed E-state index contributed by atoms with van der Waals surface area (Å²) in [6.45, 7) is 5.97. The van der Waals surface area contributed by atoms with Gasteiger partial charge in [-0.25, -0.2) is 4.79 Å². The zero-order valence-corrected chi connectivity index (χ0v) is 19.1. The quantitative estimate of drug-likeness (QED) is 0.239. The molecule has 1 aromatic rings. The van der Waals surface area contributed by atoms with Crippen molar-refractivity contribution in [3.63, 3.8) is 0 Å². The van der Waals surface area contributed by atoms with Crippen molar-refractivity contribution in [1.82, 2.24) is 0 Å². The van der Waals surface area contributed by atoms with Crippen LogP contribution in [0.4, 0.5) is 0 Å². The van der Waals surface area contributed by atoms with Crippen molar-refractivity contribution in [2.24, 2.45) is 0 Å². The highest BCUT2D eigenvalue weighted by atomic mass is 31.0. The highest BCUT2D eigenvalue weighted by Crippen LogP contribution is 2.43.